The van der Waals surface area contributed by atoms with Crippen molar-refractivity contribution in [2.75, 3.05) is 13.7 Å². The van der Waals surface area contributed by atoms with Crippen LogP contribution < -0.4 is 9.47 Å². The fourth-order valence-electron chi connectivity index (χ4n) is 1.90. The van der Waals surface area contributed by atoms with Gasteiger partial charge in [0.1, 0.15) is 5.75 Å². The molecule has 2 aromatic rings. The van der Waals surface area contributed by atoms with E-state index in [0.29, 0.717) is 5.75 Å². The summed E-state index contributed by atoms with van der Waals surface area (Å²) in [6.07, 6.45) is 0. The summed E-state index contributed by atoms with van der Waals surface area (Å²) >= 11 is 0. The first kappa shape index (κ1) is 15.9. The highest BCUT2D eigenvalue weighted by Gasteiger charge is 2.14. The minimum Gasteiger partial charge on any atom is -0.497 e. The van der Waals surface area contributed by atoms with Crippen molar-refractivity contribution in [1.82, 2.24) is 0 Å². The molecule has 2 aromatic carbocycles. The number of rotatable bonds is 5. The molecule has 0 fully saturated rings. The van der Waals surface area contributed by atoms with Crippen molar-refractivity contribution in [1.29, 1.82) is 0 Å². The molecule has 5 heteroatoms. The van der Waals surface area contributed by atoms with Gasteiger partial charge in [-0.3, -0.25) is 0 Å². The lowest BCUT2D eigenvalue weighted by atomic mass is 10.1. The van der Waals surface area contributed by atoms with E-state index in [4.69, 9.17) is 9.47 Å². The molecule has 22 heavy (non-hydrogen) atoms. The lowest BCUT2D eigenvalue weighted by Crippen LogP contribution is -1.95. The first-order valence-electron chi connectivity index (χ1n) is 6.69. The molecular formula is C17H15F3O2. The van der Waals surface area contributed by atoms with Crippen LogP contribution in [-0.4, -0.2) is 13.7 Å². The molecule has 0 spiro atoms. The highest BCUT2D eigenvalue weighted by Crippen LogP contribution is 2.31. The van der Waals surface area contributed by atoms with Gasteiger partial charge in [0.2, 0.25) is 0 Å². The summed E-state index contributed by atoms with van der Waals surface area (Å²) in [4.78, 5) is 0. The fourth-order valence-corrected chi connectivity index (χ4v) is 1.90. The molecule has 0 aliphatic heterocycles. The molecule has 0 atom stereocenters. The third-order valence-corrected chi connectivity index (χ3v) is 3.02. The quantitative estimate of drug-likeness (QED) is 0.724. The zero-order valence-corrected chi connectivity index (χ0v) is 12.2. The molecule has 0 aliphatic carbocycles. The average Bonchev–Trinajstić information content (AvgIpc) is 2.55. The first-order chi connectivity index (χ1) is 10.6. The van der Waals surface area contributed by atoms with Gasteiger partial charge in [0.15, 0.2) is 23.2 Å². The van der Waals surface area contributed by atoms with Crippen LogP contribution in [0.4, 0.5) is 13.2 Å². The van der Waals surface area contributed by atoms with Gasteiger partial charge < -0.3 is 9.47 Å². The van der Waals surface area contributed by atoms with E-state index in [0.717, 1.165) is 6.07 Å². The smallest absolute Gasteiger partial charge is 0.166 e. The van der Waals surface area contributed by atoms with Crippen molar-refractivity contribution in [3.05, 3.63) is 59.4 Å². The van der Waals surface area contributed by atoms with Crippen molar-refractivity contribution in [3.8, 4) is 11.5 Å². The van der Waals surface area contributed by atoms with Crippen LogP contribution in [0.15, 0.2) is 42.5 Å². The van der Waals surface area contributed by atoms with Crippen LogP contribution in [0.5, 0.6) is 11.5 Å². The maximum atomic E-state index is 14.2. The van der Waals surface area contributed by atoms with Crippen LogP contribution in [0.1, 0.15) is 18.1 Å². The second kappa shape index (κ2) is 7.02. The van der Waals surface area contributed by atoms with E-state index in [-0.39, 0.29) is 23.5 Å². The number of hydrogen-bond acceptors (Lipinski definition) is 2. The largest absolute Gasteiger partial charge is 0.497 e. The fraction of sp³-hybridized carbons (Fsp3) is 0.176. The van der Waals surface area contributed by atoms with Gasteiger partial charge in [0.05, 0.1) is 13.7 Å². The number of ether oxygens (including phenoxy) is 2. The van der Waals surface area contributed by atoms with E-state index >= 15 is 0 Å². The standard InChI is InChI=1S/C17H15F3O2/c1-3-22-15-9-6-12(10-14(15)18)17(20)16(19)11-4-7-13(21-2)8-5-11/h4-10H,3H2,1-2H3/b17-16+. The Balaban J connectivity index is 2.35. The number of methoxy groups -OCH3 is 1. The van der Waals surface area contributed by atoms with Crippen LogP contribution in [0, 0.1) is 5.82 Å². The summed E-state index contributed by atoms with van der Waals surface area (Å²) in [5.74, 6) is -2.40. The Bertz CT molecular complexity index is 679. The Morgan fingerprint density at radius 1 is 0.955 bits per heavy atom. The zero-order valence-electron chi connectivity index (χ0n) is 12.2. The minimum absolute atomic E-state index is 0.00362. The molecule has 0 unspecified atom stereocenters. The summed E-state index contributed by atoms with van der Waals surface area (Å²) in [6.45, 7) is 1.99. The summed E-state index contributed by atoms with van der Waals surface area (Å²) in [7, 11) is 1.48. The Kier molecular flexibility index (Phi) is 5.09. The van der Waals surface area contributed by atoms with Crippen molar-refractivity contribution in [2.45, 2.75) is 6.92 Å². The van der Waals surface area contributed by atoms with Gasteiger partial charge in [-0.15, -0.1) is 0 Å². The number of benzene rings is 2. The lowest BCUT2D eigenvalue weighted by molar-refractivity contribution is 0.321. The van der Waals surface area contributed by atoms with Gasteiger partial charge in [-0.05, 0) is 49.4 Å². The molecular weight excluding hydrogens is 293 g/mol. The molecule has 0 bridgehead atoms. The third kappa shape index (κ3) is 3.42. The molecule has 0 aromatic heterocycles. The van der Waals surface area contributed by atoms with Crippen molar-refractivity contribution in [3.63, 3.8) is 0 Å². The van der Waals surface area contributed by atoms with Gasteiger partial charge in [0.25, 0.3) is 0 Å². The second-order valence-electron chi connectivity index (χ2n) is 4.43. The maximum Gasteiger partial charge on any atom is 0.166 e. The Morgan fingerprint density at radius 3 is 2.09 bits per heavy atom. The molecule has 0 saturated carbocycles. The van der Waals surface area contributed by atoms with Gasteiger partial charge in [0, 0.05) is 11.1 Å². The van der Waals surface area contributed by atoms with Crippen molar-refractivity contribution in [2.24, 2.45) is 0 Å². The summed E-state index contributed by atoms with van der Waals surface area (Å²) in [5, 5.41) is 0. The van der Waals surface area contributed by atoms with Crippen LogP contribution in [-0.2, 0) is 0 Å². The van der Waals surface area contributed by atoms with E-state index in [1.807, 2.05) is 0 Å². The van der Waals surface area contributed by atoms with E-state index in [1.165, 1.54) is 43.5 Å². The summed E-state index contributed by atoms with van der Waals surface area (Å²) in [6, 6.07) is 9.25. The van der Waals surface area contributed by atoms with Crippen LogP contribution in [0.3, 0.4) is 0 Å². The molecule has 0 radical (unpaired) electrons. The third-order valence-electron chi connectivity index (χ3n) is 3.02. The first-order valence-corrected chi connectivity index (χ1v) is 6.69. The van der Waals surface area contributed by atoms with Crippen LogP contribution in [0.2, 0.25) is 0 Å². The highest BCUT2D eigenvalue weighted by atomic mass is 19.2. The van der Waals surface area contributed by atoms with E-state index < -0.39 is 17.5 Å². The van der Waals surface area contributed by atoms with Crippen molar-refractivity contribution < 1.29 is 22.6 Å². The van der Waals surface area contributed by atoms with Crippen LogP contribution >= 0.6 is 0 Å². The Hall–Kier alpha value is -2.43. The highest BCUT2D eigenvalue weighted by molar-refractivity contribution is 5.83. The molecule has 116 valence electrons. The van der Waals surface area contributed by atoms with E-state index in [9.17, 15) is 13.2 Å². The summed E-state index contributed by atoms with van der Waals surface area (Å²) in [5.41, 5.74) is -0.137. The number of halogens is 3. The van der Waals surface area contributed by atoms with E-state index in [2.05, 4.69) is 0 Å². The van der Waals surface area contributed by atoms with Gasteiger partial charge in [-0.1, -0.05) is 0 Å². The van der Waals surface area contributed by atoms with Crippen molar-refractivity contribution >= 4 is 11.7 Å². The molecule has 0 aliphatic rings. The molecule has 0 N–H and O–H groups in total. The lowest BCUT2D eigenvalue weighted by Gasteiger charge is -2.07. The average molecular weight is 308 g/mol. The topological polar surface area (TPSA) is 18.5 Å². The second-order valence-corrected chi connectivity index (χ2v) is 4.43. The molecule has 0 saturated heterocycles. The van der Waals surface area contributed by atoms with Crippen LogP contribution in [0.25, 0.3) is 11.7 Å². The molecule has 2 rings (SSSR count). The van der Waals surface area contributed by atoms with Gasteiger partial charge >= 0.3 is 0 Å². The van der Waals surface area contributed by atoms with Gasteiger partial charge in [-0.2, -0.15) is 0 Å². The summed E-state index contributed by atoms with van der Waals surface area (Å²) < 4.78 is 52.0. The SMILES string of the molecule is CCOc1ccc(/C(F)=C(\F)c2ccc(OC)cc2)cc1F. The van der Waals surface area contributed by atoms with E-state index in [1.54, 1.807) is 6.92 Å². The maximum absolute atomic E-state index is 14.2. The zero-order chi connectivity index (χ0) is 16.1. The predicted octanol–water partition coefficient (Wildman–Crippen LogP) is 5.00. The molecule has 0 amide bonds. The molecule has 0 heterocycles. The Labute approximate surface area is 126 Å². The monoisotopic (exact) mass is 308 g/mol. The number of hydrogen-bond donors (Lipinski definition) is 0. The predicted molar refractivity (Wildman–Crippen MR) is 79.6 cm³/mol. The Morgan fingerprint density at radius 2 is 1.55 bits per heavy atom. The van der Waals surface area contributed by atoms with Gasteiger partial charge in [-0.25, -0.2) is 13.2 Å². The molecule has 2 nitrogen and oxygen atoms in total. The normalized spacial score (nSPS) is 11.9. The minimum atomic E-state index is -1.13.